The molecule has 3 aromatic heterocycles. The number of aryl methyl sites for hydroxylation is 1. The molecule has 0 fully saturated rings. The van der Waals surface area contributed by atoms with Gasteiger partial charge < -0.3 is 20.1 Å². The topological polar surface area (TPSA) is 138 Å². The molecule has 0 bridgehead atoms. The number of aliphatic hydroxyl groups is 1. The van der Waals surface area contributed by atoms with Gasteiger partial charge in [-0.3, -0.25) is 4.79 Å². The highest BCUT2D eigenvalue weighted by Crippen LogP contribution is 2.40. The largest absolute Gasteiger partial charge is 0.458 e. The minimum absolute atomic E-state index is 0.0469. The number of benzene rings is 1. The van der Waals surface area contributed by atoms with E-state index in [0.29, 0.717) is 34.7 Å². The number of hydrogen-bond acceptors (Lipinski definition) is 8. The third-order valence-corrected chi connectivity index (χ3v) is 7.20. The van der Waals surface area contributed by atoms with E-state index in [2.05, 4.69) is 10.3 Å². The van der Waals surface area contributed by atoms with Crippen LogP contribution in [0, 0.1) is 12.7 Å². The number of hydrogen-bond donors (Lipinski definition) is 2. The highest BCUT2D eigenvalue weighted by Gasteiger charge is 2.45. The summed E-state index contributed by atoms with van der Waals surface area (Å²) in [7, 11) is 0. The smallest absolute Gasteiger partial charge is 0.343 e. The van der Waals surface area contributed by atoms with Crippen molar-refractivity contribution in [3.8, 4) is 11.4 Å². The van der Waals surface area contributed by atoms with Crippen LogP contribution < -0.4 is 11.3 Å². The molecule has 1 atom stereocenters. The van der Waals surface area contributed by atoms with Gasteiger partial charge in [0.15, 0.2) is 5.60 Å². The molecule has 1 aromatic carbocycles. The summed E-state index contributed by atoms with van der Waals surface area (Å²) in [6.07, 6.45) is 1.79. The van der Waals surface area contributed by atoms with Crippen LogP contribution in [0.25, 0.3) is 22.3 Å². The van der Waals surface area contributed by atoms with Crippen LogP contribution in [0.5, 0.6) is 0 Å². The summed E-state index contributed by atoms with van der Waals surface area (Å²) in [5.74, 6) is -1.18. The van der Waals surface area contributed by atoms with Crippen molar-refractivity contribution in [2.24, 2.45) is 5.73 Å². The predicted octanol–water partition coefficient (Wildman–Crippen LogP) is 1.63. The molecule has 2 aliphatic heterocycles. The Balaban J connectivity index is 1.62. The summed E-state index contributed by atoms with van der Waals surface area (Å²) in [4.78, 5) is 30.7. The lowest BCUT2D eigenvalue weighted by molar-refractivity contribution is -0.172. The number of pyridine rings is 2. The lowest BCUT2D eigenvalue weighted by Gasteiger charge is -2.31. The van der Waals surface area contributed by atoms with Gasteiger partial charge in [0, 0.05) is 29.1 Å². The van der Waals surface area contributed by atoms with Crippen LogP contribution >= 0.6 is 0 Å². The van der Waals surface area contributed by atoms with Crippen LogP contribution in [0.4, 0.5) is 4.39 Å². The minimum Gasteiger partial charge on any atom is -0.458 e. The Morgan fingerprint density at radius 1 is 1.25 bits per heavy atom. The Bertz CT molecular complexity index is 1660. The zero-order chi connectivity index (χ0) is 25.4. The fraction of sp³-hybridized carbons (Fsp3) is 0.320. The summed E-state index contributed by atoms with van der Waals surface area (Å²) < 4.78 is 22.9. The first kappa shape index (κ1) is 22.5. The average molecular weight is 490 g/mol. The van der Waals surface area contributed by atoms with Crippen LogP contribution in [0.3, 0.4) is 0 Å². The highest BCUT2D eigenvalue weighted by atomic mass is 19.1. The van der Waals surface area contributed by atoms with Crippen molar-refractivity contribution in [2.45, 2.75) is 52.1 Å². The number of esters is 1. The molecule has 5 heterocycles. The Kier molecular flexibility index (Phi) is 4.86. The third-order valence-electron chi connectivity index (χ3n) is 7.20. The Hall–Kier alpha value is -3.96. The molecule has 10 nitrogen and oxygen atoms in total. The van der Waals surface area contributed by atoms with Crippen molar-refractivity contribution >= 4 is 16.9 Å². The number of rotatable bonds is 4. The number of ether oxygens (including phenoxy) is 1. The lowest BCUT2D eigenvalue weighted by atomic mass is 9.86. The molecule has 0 aliphatic carbocycles. The quantitative estimate of drug-likeness (QED) is 0.363. The van der Waals surface area contributed by atoms with E-state index in [-0.39, 0.29) is 42.8 Å². The third kappa shape index (κ3) is 3.06. The lowest BCUT2D eigenvalue weighted by Crippen LogP contribution is -2.44. The number of aromatic nitrogens is 5. The second-order valence-corrected chi connectivity index (χ2v) is 9.25. The Morgan fingerprint density at radius 3 is 2.78 bits per heavy atom. The van der Waals surface area contributed by atoms with Gasteiger partial charge in [0.05, 0.1) is 47.4 Å². The van der Waals surface area contributed by atoms with Gasteiger partial charge in [0.2, 0.25) is 0 Å². The highest BCUT2D eigenvalue weighted by molar-refractivity contribution is 5.89. The van der Waals surface area contributed by atoms with Crippen molar-refractivity contribution in [3.05, 3.63) is 74.1 Å². The maximum absolute atomic E-state index is 14.6. The normalized spacial score (nSPS) is 18.2. The molecule has 0 saturated carbocycles. The van der Waals surface area contributed by atoms with Gasteiger partial charge >= 0.3 is 5.97 Å². The van der Waals surface area contributed by atoms with Crippen LogP contribution in [-0.4, -0.2) is 35.6 Å². The summed E-state index contributed by atoms with van der Waals surface area (Å²) in [5, 5.41) is 20.1. The molecule has 0 saturated heterocycles. The van der Waals surface area contributed by atoms with Gasteiger partial charge in [-0.1, -0.05) is 12.1 Å². The van der Waals surface area contributed by atoms with E-state index < -0.39 is 17.4 Å². The van der Waals surface area contributed by atoms with E-state index in [1.54, 1.807) is 41.4 Å². The summed E-state index contributed by atoms with van der Waals surface area (Å²) >= 11 is 0. The van der Waals surface area contributed by atoms with Crippen LogP contribution in [-0.2, 0) is 41.4 Å². The molecular formula is C25H23FN6O4. The molecular weight excluding hydrogens is 467 g/mol. The summed E-state index contributed by atoms with van der Waals surface area (Å²) in [6.45, 7) is 3.90. The van der Waals surface area contributed by atoms with E-state index in [1.165, 1.54) is 6.07 Å². The van der Waals surface area contributed by atoms with Gasteiger partial charge in [-0.25, -0.2) is 18.9 Å². The van der Waals surface area contributed by atoms with Crippen molar-refractivity contribution in [3.63, 3.8) is 0 Å². The van der Waals surface area contributed by atoms with Gasteiger partial charge in [0.1, 0.15) is 12.4 Å². The molecule has 0 spiro atoms. The molecule has 3 N–H and O–H groups in total. The van der Waals surface area contributed by atoms with Crippen LogP contribution in [0.2, 0.25) is 0 Å². The molecule has 6 rings (SSSR count). The average Bonchev–Trinajstić information content (AvgIpc) is 3.47. The zero-order valence-electron chi connectivity index (χ0n) is 19.7. The monoisotopic (exact) mass is 490 g/mol. The second kappa shape index (κ2) is 7.77. The first-order valence-corrected chi connectivity index (χ1v) is 11.6. The standard InChI is InChI=1S/C25H23FN6O4/c1-3-25(35)18-5-21-22-16(10-32(21)23(33)17(18)11-36-24(25)34)15(9-31-8-13(7-27)29-30-31)14-4-12(2)19(26)6-20(14)28-22/h4-6,8,35H,3,7,9-11,27H2,1-2H3/t25-/m0/s1. The first-order valence-electron chi connectivity index (χ1n) is 11.6. The fourth-order valence-corrected chi connectivity index (χ4v) is 5.14. The molecule has 184 valence electrons. The van der Waals surface area contributed by atoms with Crippen LogP contribution in [0.1, 0.15) is 46.9 Å². The number of nitrogens with two attached hydrogens (primary N) is 1. The zero-order valence-corrected chi connectivity index (χ0v) is 19.7. The van der Waals surface area contributed by atoms with E-state index in [9.17, 15) is 19.1 Å². The maximum atomic E-state index is 14.6. The number of nitrogens with zero attached hydrogens (tertiary/aromatic N) is 5. The molecule has 11 heteroatoms. The maximum Gasteiger partial charge on any atom is 0.343 e. The molecule has 0 unspecified atom stereocenters. The molecule has 36 heavy (non-hydrogen) atoms. The summed E-state index contributed by atoms with van der Waals surface area (Å²) in [6, 6.07) is 4.76. The van der Waals surface area contributed by atoms with E-state index in [4.69, 9.17) is 15.5 Å². The molecule has 2 aliphatic rings. The second-order valence-electron chi connectivity index (χ2n) is 9.25. The number of carbonyl (C=O) groups is 1. The van der Waals surface area contributed by atoms with Gasteiger partial charge in [0.25, 0.3) is 5.56 Å². The van der Waals surface area contributed by atoms with Crippen molar-refractivity contribution < 1.29 is 19.0 Å². The van der Waals surface area contributed by atoms with Gasteiger partial charge in [-0.2, -0.15) is 0 Å². The van der Waals surface area contributed by atoms with E-state index in [0.717, 1.165) is 16.5 Å². The minimum atomic E-state index is -1.92. The predicted molar refractivity (Wildman–Crippen MR) is 126 cm³/mol. The number of fused-ring (bicyclic) bond motifs is 5. The van der Waals surface area contributed by atoms with Crippen molar-refractivity contribution in [1.29, 1.82) is 0 Å². The van der Waals surface area contributed by atoms with Crippen molar-refractivity contribution in [2.75, 3.05) is 0 Å². The number of cyclic esters (lactones) is 1. The van der Waals surface area contributed by atoms with E-state index >= 15 is 0 Å². The molecule has 0 radical (unpaired) electrons. The van der Waals surface area contributed by atoms with E-state index in [1.807, 2.05) is 0 Å². The molecule has 0 amide bonds. The summed E-state index contributed by atoms with van der Waals surface area (Å²) in [5.41, 5.74) is 7.97. The van der Waals surface area contributed by atoms with Crippen LogP contribution in [0.15, 0.2) is 29.2 Å². The fourth-order valence-electron chi connectivity index (χ4n) is 5.14. The van der Waals surface area contributed by atoms with Gasteiger partial charge in [-0.15, -0.1) is 5.10 Å². The molecule has 4 aromatic rings. The SMILES string of the molecule is CC[C@@]1(O)C(=O)OCc2c1cc1n(c2=O)Cc2c-1nc1cc(F)c(C)cc1c2Cn1cc(CN)nn1. The Labute approximate surface area is 204 Å². The van der Waals surface area contributed by atoms with Gasteiger partial charge in [-0.05, 0) is 36.6 Å². The first-order chi connectivity index (χ1) is 17.2. The Morgan fingerprint density at radius 2 is 2.06 bits per heavy atom. The van der Waals surface area contributed by atoms with Crippen molar-refractivity contribution in [1.82, 2.24) is 24.5 Å². The number of carbonyl (C=O) groups excluding carboxylic acids is 1. The number of halogens is 1.